The lowest BCUT2D eigenvalue weighted by Crippen LogP contribution is -2.29. The van der Waals surface area contributed by atoms with Crippen LogP contribution in [0.4, 0.5) is 8.78 Å². The summed E-state index contributed by atoms with van der Waals surface area (Å²) in [7, 11) is 0. The lowest BCUT2D eigenvalue weighted by molar-refractivity contribution is 0.0886. The lowest BCUT2D eigenvalue weighted by atomic mass is 10.1. The maximum Gasteiger partial charge on any atom is 0.270 e. The van der Waals surface area contributed by atoms with E-state index in [1.54, 1.807) is 28.9 Å². The molecule has 4 rings (SSSR count). The number of pyridine rings is 2. The van der Waals surface area contributed by atoms with Crippen LogP contribution in [0.1, 0.15) is 16.2 Å². The SMILES string of the molecule is O=C(NCC(F)F)c1cnc2ccc(-c3c[nH]c4nc(CO)ccc34)cn12. The lowest BCUT2D eigenvalue weighted by Gasteiger charge is -2.06. The van der Waals surface area contributed by atoms with E-state index in [4.69, 9.17) is 0 Å². The second-order valence-electron chi connectivity index (χ2n) is 5.95. The molecule has 4 heterocycles. The normalized spacial score (nSPS) is 11.6. The minimum atomic E-state index is -2.62. The van der Waals surface area contributed by atoms with Crippen LogP contribution in [-0.4, -0.2) is 43.3 Å². The van der Waals surface area contributed by atoms with E-state index in [2.05, 4.69) is 20.3 Å². The van der Waals surface area contributed by atoms with E-state index in [1.165, 1.54) is 6.20 Å². The highest BCUT2D eigenvalue weighted by Gasteiger charge is 2.15. The van der Waals surface area contributed by atoms with Gasteiger partial charge in [0, 0.05) is 28.9 Å². The monoisotopic (exact) mass is 371 g/mol. The highest BCUT2D eigenvalue weighted by atomic mass is 19.3. The highest BCUT2D eigenvalue weighted by Crippen LogP contribution is 2.28. The van der Waals surface area contributed by atoms with Crippen LogP contribution in [-0.2, 0) is 6.61 Å². The van der Waals surface area contributed by atoms with Crippen LogP contribution in [0.15, 0.2) is 42.9 Å². The summed E-state index contributed by atoms with van der Waals surface area (Å²) in [5, 5.41) is 12.2. The van der Waals surface area contributed by atoms with Crippen LogP contribution in [0, 0.1) is 0 Å². The summed E-state index contributed by atoms with van der Waals surface area (Å²) in [5.74, 6) is -0.617. The first-order valence-corrected chi connectivity index (χ1v) is 8.18. The number of aromatic nitrogens is 4. The number of H-pyrrole nitrogens is 1. The molecule has 0 bridgehead atoms. The van der Waals surface area contributed by atoms with Gasteiger partial charge in [0.2, 0.25) is 0 Å². The average molecular weight is 371 g/mol. The number of aromatic amines is 1. The summed E-state index contributed by atoms with van der Waals surface area (Å²) < 4.78 is 26.2. The Kier molecular flexibility index (Phi) is 4.28. The van der Waals surface area contributed by atoms with Gasteiger partial charge in [0.15, 0.2) is 0 Å². The van der Waals surface area contributed by atoms with Crippen LogP contribution in [0.25, 0.3) is 27.8 Å². The maximum atomic E-state index is 12.3. The molecule has 0 unspecified atom stereocenters. The molecule has 0 aliphatic carbocycles. The van der Waals surface area contributed by atoms with Gasteiger partial charge >= 0.3 is 0 Å². The fraction of sp³-hybridized carbons (Fsp3) is 0.167. The molecule has 0 aromatic carbocycles. The van der Waals surface area contributed by atoms with Crippen LogP contribution in [0.5, 0.6) is 0 Å². The van der Waals surface area contributed by atoms with Gasteiger partial charge in [-0.2, -0.15) is 0 Å². The summed E-state index contributed by atoms with van der Waals surface area (Å²) in [6, 6.07) is 7.19. The smallest absolute Gasteiger partial charge is 0.270 e. The Balaban J connectivity index is 1.75. The van der Waals surface area contributed by atoms with Crippen molar-refractivity contribution in [3.05, 3.63) is 54.2 Å². The predicted molar refractivity (Wildman–Crippen MR) is 94.5 cm³/mol. The quantitative estimate of drug-likeness (QED) is 0.502. The molecular formula is C18H15F2N5O2. The molecule has 0 saturated carbocycles. The van der Waals surface area contributed by atoms with Crippen molar-refractivity contribution in [2.75, 3.05) is 6.54 Å². The number of alkyl halides is 2. The number of nitrogens with one attached hydrogen (secondary N) is 2. The molecule has 4 aromatic heterocycles. The summed E-state index contributed by atoms with van der Waals surface area (Å²) in [4.78, 5) is 23.7. The molecule has 0 fully saturated rings. The molecule has 3 N–H and O–H groups in total. The predicted octanol–water partition coefficient (Wildman–Crippen LogP) is 2.36. The van der Waals surface area contributed by atoms with Gasteiger partial charge in [-0.25, -0.2) is 18.7 Å². The van der Waals surface area contributed by atoms with Gasteiger partial charge in [0.05, 0.1) is 25.0 Å². The van der Waals surface area contributed by atoms with E-state index >= 15 is 0 Å². The molecule has 4 aromatic rings. The number of hydrogen-bond donors (Lipinski definition) is 3. The number of fused-ring (bicyclic) bond motifs is 2. The molecule has 7 nitrogen and oxygen atoms in total. The van der Waals surface area contributed by atoms with E-state index in [1.807, 2.05) is 12.1 Å². The van der Waals surface area contributed by atoms with Crippen molar-refractivity contribution < 1.29 is 18.7 Å². The number of nitrogens with zero attached hydrogens (tertiary/aromatic N) is 3. The Hall–Kier alpha value is -3.33. The molecule has 9 heteroatoms. The van der Waals surface area contributed by atoms with E-state index in [9.17, 15) is 18.7 Å². The Bertz CT molecular complexity index is 1140. The molecule has 138 valence electrons. The van der Waals surface area contributed by atoms with E-state index in [0.29, 0.717) is 17.0 Å². The van der Waals surface area contributed by atoms with E-state index in [0.717, 1.165) is 16.5 Å². The standard InChI is InChI=1S/C18H15F2N5O2/c19-15(20)7-23-18(27)14-6-21-16-4-1-10(8-25(14)16)13-5-22-17-12(13)3-2-11(9-26)24-17/h1-6,8,15,26H,7,9H2,(H,22,24)(H,23,27). The first-order valence-electron chi connectivity index (χ1n) is 8.18. The summed E-state index contributed by atoms with van der Waals surface area (Å²) in [6.45, 7) is -0.866. The van der Waals surface area contributed by atoms with Gasteiger partial charge in [-0.1, -0.05) is 0 Å². The summed E-state index contributed by atoms with van der Waals surface area (Å²) in [5.41, 5.74) is 3.55. The van der Waals surface area contributed by atoms with Crippen LogP contribution in [0.3, 0.4) is 0 Å². The Labute approximate surface area is 151 Å². The highest BCUT2D eigenvalue weighted by molar-refractivity contribution is 5.95. The molecule has 0 atom stereocenters. The zero-order valence-corrected chi connectivity index (χ0v) is 14.0. The zero-order chi connectivity index (χ0) is 19.0. The van der Waals surface area contributed by atoms with Crippen molar-refractivity contribution in [2.45, 2.75) is 13.0 Å². The van der Waals surface area contributed by atoms with Gasteiger partial charge in [-0.3, -0.25) is 9.20 Å². The van der Waals surface area contributed by atoms with Crippen LogP contribution < -0.4 is 5.32 Å². The summed E-state index contributed by atoms with van der Waals surface area (Å²) in [6.07, 6.45) is 2.24. The van der Waals surface area contributed by atoms with Gasteiger partial charge < -0.3 is 15.4 Å². The second kappa shape index (κ2) is 6.76. The number of carbonyl (C=O) groups is 1. The fourth-order valence-corrected chi connectivity index (χ4v) is 2.94. The molecule has 1 amide bonds. The molecule has 0 saturated heterocycles. The Morgan fingerprint density at radius 2 is 2.15 bits per heavy atom. The van der Waals surface area contributed by atoms with Crippen LogP contribution >= 0.6 is 0 Å². The largest absolute Gasteiger partial charge is 0.390 e. The molecule has 0 aliphatic rings. The van der Waals surface area contributed by atoms with E-state index in [-0.39, 0.29) is 12.3 Å². The number of imidazole rings is 1. The first kappa shape index (κ1) is 17.1. The Morgan fingerprint density at radius 3 is 2.93 bits per heavy atom. The number of aliphatic hydroxyl groups excluding tert-OH is 1. The van der Waals surface area contributed by atoms with Crippen molar-refractivity contribution in [1.29, 1.82) is 0 Å². The van der Waals surface area contributed by atoms with Gasteiger partial charge in [0.25, 0.3) is 12.3 Å². The zero-order valence-electron chi connectivity index (χ0n) is 14.0. The van der Waals surface area contributed by atoms with E-state index < -0.39 is 18.9 Å². The number of carbonyl (C=O) groups excluding carboxylic acids is 1. The minimum Gasteiger partial charge on any atom is -0.390 e. The van der Waals surface area contributed by atoms with Crippen molar-refractivity contribution >= 4 is 22.6 Å². The van der Waals surface area contributed by atoms with Crippen molar-refractivity contribution in [1.82, 2.24) is 24.7 Å². The topological polar surface area (TPSA) is 95.3 Å². The van der Waals surface area contributed by atoms with Gasteiger partial charge in [-0.05, 0) is 24.3 Å². The number of rotatable bonds is 5. The number of halogens is 2. The number of aliphatic hydroxyl groups is 1. The second-order valence-corrected chi connectivity index (χ2v) is 5.95. The molecule has 0 radical (unpaired) electrons. The third-order valence-electron chi connectivity index (χ3n) is 4.22. The molecule has 0 spiro atoms. The fourth-order valence-electron chi connectivity index (χ4n) is 2.94. The third kappa shape index (κ3) is 3.13. The first-order chi connectivity index (χ1) is 13.1. The average Bonchev–Trinajstić information content (AvgIpc) is 3.28. The van der Waals surface area contributed by atoms with Crippen LogP contribution in [0.2, 0.25) is 0 Å². The van der Waals surface area contributed by atoms with Crippen molar-refractivity contribution in [3.8, 4) is 11.1 Å². The Morgan fingerprint density at radius 1 is 1.30 bits per heavy atom. The molecule has 0 aliphatic heterocycles. The molecule has 27 heavy (non-hydrogen) atoms. The number of hydrogen-bond acceptors (Lipinski definition) is 4. The minimum absolute atomic E-state index is 0.150. The molecular weight excluding hydrogens is 356 g/mol. The van der Waals surface area contributed by atoms with Gasteiger partial charge in [-0.15, -0.1) is 0 Å². The van der Waals surface area contributed by atoms with Crippen molar-refractivity contribution in [3.63, 3.8) is 0 Å². The summed E-state index contributed by atoms with van der Waals surface area (Å²) >= 11 is 0. The third-order valence-corrected chi connectivity index (χ3v) is 4.22. The van der Waals surface area contributed by atoms with Gasteiger partial charge in [0.1, 0.15) is 17.0 Å². The maximum absolute atomic E-state index is 12.3. The van der Waals surface area contributed by atoms with Crippen molar-refractivity contribution in [2.24, 2.45) is 0 Å². The number of amides is 1.